The van der Waals surface area contributed by atoms with Crippen molar-refractivity contribution in [2.75, 3.05) is 6.61 Å². The molecule has 7 unspecified atom stereocenters. The lowest BCUT2D eigenvalue weighted by Crippen LogP contribution is -2.44. The van der Waals surface area contributed by atoms with Crippen molar-refractivity contribution < 1.29 is 14.6 Å². The van der Waals surface area contributed by atoms with Crippen LogP contribution in [0.25, 0.3) is 0 Å². The molecule has 154 valence electrons. The van der Waals surface area contributed by atoms with Gasteiger partial charge in [-0.1, -0.05) is 37.1 Å². The molecule has 0 bridgehead atoms. The number of ether oxygens (including phenoxy) is 1. The molecule has 0 aromatic carbocycles. The summed E-state index contributed by atoms with van der Waals surface area (Å²) in [5.41, 5.74) is 3.55. The van der Waals surface area contributed by atoms with E-state index in [0.717, 1.165) is 37.7 Å². The van der Waals surface area contributed by atoms with Crippen LogP contribution in [0, 0.1) is 29.1 Å². The summed E-state index contributed by atoms with van der Waals surface area (Å²) < 4.78 is 6.84. The first-order valence-electron chi connectivity index (χ1n) is 11.0. The van der Waals surface area contributed by atoms with Crippen LogP contribution >= 0.6 is 0 Å². The van der Waals surface area contributed by atoms with Gasteiger partial charge in [-0.2, -0.15) is 0 Å². The van der Waals surface area contributed by atoms with E-state index in [4.69, 9.17) is 4.74 Å². The smallest absolute Gasteiger partial charge is 0.163 e. The number of rotatable bonds is 2. The molecule has 28 heavy (non-hydrogen) atoms. The molecule has 3 heteroatoms. The van der Waals surface area contributed by atoms with E-state index in [0.29, 0.717) is 11.8 Å². The van der Waals surface area contributed by atoms with Gasteiger partial charge in [0.1, 0.15) is 0 Å². The maximum absolute atomic E-state index is 12.6. The molecule has 2 fully saturated rings. The fourth-order valence-electron chi connectivity index (χ4n) is 7.01. The van der Waals surface area contributed by atoms with Crippen LogP contribution in [-0.2, 0) is 9.53 Å². The number of aliphatic hydroxyl groups excluding tert-OH is 1. The Labute approximate surface area is 169 Å². The minimum atomic E-state index is -0.139. The molecule has 1 saturated carbocycles. The SMILES string of the molecule is CC(C)=CC1CC(C)C2(CCC3(C)CC4C(C)=CC(=O)C4C(CO)=CCC32)O1. The Kier molecular flexibility index (Phi) is 4.99. The van der Waals surface area contributed by atoms with E-state index in [1.807, 2.05) is 6.08 Å². The van der Waals surface area contributed by atoms with Crippen LogP contribution in [0.1, 0.15) is 66.7 Å². The number of carbonyl (C=O) groups is 1. The number of fused-ring (bicyclic) bond motifs is 3. The first-order valence-corrected chi connectivity index (χ1v) is 11.0. The third kappa shape index (κ3) is 2.97. The maximum atomic E-state index is 12.6. The molecular weight excluding hydrogens is 348 g/mol. The lowest BCUT2D eigenvalue weighted by molar-refractivity contribution is -0.118. The van der Waals surface area contributed by atoms with Crippen LogP contribution in [-0.4, -0.2) is 29.2 Å². The van der Waals surface area contributed by atoms with Crippen molar-refractivity contribution in [3.63, 3.8) is 0 Å². The van der Waals surface area contributed by atoms with Gasteiger partial charge in [0.25, 0.3) is 0 Å². The summed E-state index contributed by atoms with van der Waals surface area (Å²) in [4.78, 5) is 12.6. The van der Waals surface area contributed by atoms with Crippen LogP contribution in [0.5, 0.6) is 0 Å². The van der Waals surface area contributed by atoms with E-state index in [-0.39, 0.29) is 41.3 Å². The zero-order valence-electron chi connectivity index (χ0n) is 18.1. The molecule has 1 N–H and O–H groups in total. The fraction of sp³-hybridized carbons (Fsp3) is 0.720. The third-order valence-corrected chi connectivity index (χ3v) is 8.38. The number of hydrogen-bond acceptors (Lipinski definition) is 3. The average Bonchev–Trinajstić information content (AvgIpc) is 3.14. The molecule has 3 aliphatic carbocycles. The zero-order valence-corrected chi connectivity index (χ0v) is 18.1. The highest BCUT2D eigenvalue weighted by Crippen LogP contribution is 2.63. The van der Waals surface area contributed by atoms with Crippen molar-refractivity contribution in [1.82, 2.24) is 0 Å². The van der Waals surface area contributed by atoms with Gasteiger partial charge in [0.2, 0.25) is 0 Å². The number of aliphatic hydroxyl groups is 1. The third-order valence-electron chi connectivity index (χ3n) is 8.38. The molecule has 7 atom stereocenters. The highest BCUT2D eigenvalue weighted by molar-refractivity contribution is 5.97. The summed E-state index contributed by atoms with van der Waals surface area (Å²) in [6, 6.07) is 0. The molecule has 4 rings (SSSR count). The van der Waals surface area contributed by atoms with Gasteiger partial charge < -0.3 is 9.84 Å². The Morgan fingerprint density at radius 1 is 1.36 bits per heavy atom. The van der Waals surface area contributed by atoms with Crippen molar-refractivity contribution in [3.05, 3.63) is 34.9 Å². The summed E-state index contributed by atoms with van der Waals surface area (Å²) in [7, 11) is 0. The number of hydrogen-bond donors (Lipinski definition) is 1. The molecule has 0 aromatic heterocycles. The van der Waals surface area contributed by atoms with Crippen molar-refractivity contribution in [3.8, 4) is 0 Å². The summed E-state index contributed by atoms with van der Waals surface area (Å²) in [5.74, 6) is 1.25. The van der Waals surface area contributed by atoms with E-state index in [2.05, 4.69) is 46.8 Å². The average molecular weight is 385 g/mol. The van der Waals surface area contributed by atoms with E-state index in [1.54, 1.807) is 0 Å². The monoisotopic (exact) mass is 384 g/mol. The van der Waals surface area contributed by atoms with Crippen molar-refractivity contribution >= 4 is 5.78 Å². The molecule has 0 radical (unpaired) electrons. The Morgan fingerprint density at radius 2 is 2.11 bits per heavy atom. The minimum absolute atomic E-state index is 0.0126. The van der Waals surface area contributed by atoms with Crippen molar-refractivity contribution in [2.24, 2.45) is 29.1 Å². The molecule has 0 aromatic rings. The van der Waals surface area contributed by atoms with E-state index in [9.17, 15) is 9.90 Å². The molecule has 1 saturated heterocycles. The number of allylic oxidation sites excluding steroid dienone is 4. The Morgan fingerprint density at radius 3 is 2.79 bits per heavy atom. The second kappa shape index (κ2) is 6.95. The minimum Gasteiger partial charge on any atom is -0.392 e. The Balaban J connectivity index is 1.72. The largest absolute Gasteiger partial charge is 0.392 e. The Hall–Kier alpha value is -1.19. The number of ketones is 1. The van der Waals surface area contributed by atoms with Gasteiger partial charge >= 0.3 is 0 Å². The van der Waals surface area contributed by atoms with Crippen LogP contribution in [0.15, 0.2) is 34.9 Å². The van der Waals surface area contributed by atoms with Gasteiger partial charge in [0, 0.05) is 0 Å². The predicted molar refractivity (Wildman–Crippen MR) is 112 cm³/mol. The molecule has 4 aliphatic rings. The summed E-state index contributed by atoms with van der Waals surface area (Å²) in [5, 5.41) is 10.0. The van der Waals surface area contributed by atoms with Crippen LogP contribution in [0.3, 0.4) is 0 Å². The van der Waals surface area contributed by atoms with E-state index >= 15 is 0 Å². The van der Waals surface area contributed by atoms with Crippen LogP contribution in [0.2, 0.25) is 0 Å². The molecular formula is C25H36O3. The molecule has 3 nitrogen and oxygen atoms in total. The topological polar surface area (TPSA) is 46.5 Å². The van der Waals surface area contributed by atoms with Crippen LogP contribution in [0.4, 0.5) is 0 Å². The highest BCUT2D eigenvalue weighted by Gasteiger charge is 2.61. The van der Waals surface area contributed by atoms with Crippen molar-refractivity contribution in [2.45, 2.75) is 78.4 Å². The number of carbonyl (C=O) groups excluding carboxylic acids is 1. The van der Waals surface area contributed by atoms with E-state index in [1.165, 1.54) is 11.1 Å². The summed E-state index contributed by atoms with van der Waals surface area (Å²) in [6.45, 7) is 11.2. The lowest BCUT2D eigenvalue weighted by atomic mass is 9.62. The standard InChI is InChI=1S/C25H36O3/c1-15(2)10-19-12-17(4)25(28-19)9-8-24(5)13-20-16(3)11-21(27)23(20)18(14-26)6-7-22(24)25/h6,10-11,17,19-20,22-23,26H,7-9,12-14H2,1-5H3. The molecule has 1 aliphatic heterocycles. The first-order chi connectivity index (χ1) is 13.2. The normalized spacial score (nSPS) is 45.2. The molecule has 1 spiro atoms. The predicted octanol–water partition coefficient (Wildman–Crippen LogP) is 5.01. The van der Waals surface area contributed by atoms with Crippen LogP contribution < -0.4 is 0 Å². The summed E-state index contributed by atoms with van der Waals surface area (Å²) in [6.07, 6.45) is 11.8. The summed E-state index contributed by atoms with van der Waals surface area (Å²) >= 11 is 0. The van der Waals surface area contributed by atoms with E-state index < -0.39 is 0 Å². The van der Waals surface area contributed by atoms with Gasteiger partial charge in [-0.3, -0.25) is 4.79 Å². The fourth-order valence-corrected chi connectivity index (χ4v) is 7.01. The van der Waals surface area contributed by atoms with Gasteiger partial charge in [-0.15, -0.1) is 0 Å². The quantitative estimate of drug-likeness (QED) is 0.681. The van der Waals surface area contributed by atoms with Gasteiger partial charge in [0.05, 0.1) is 24.2 Å². The van der Waals surface area contributed by atoms with Gasteiger partial charge in [-0.25, -0.2) is 0 Å². The second-order valence-corrected chi connectivity index (χ2v) is 10.5. The lowest BCUT2D eigenvalue weighted by Gasteiger charge is -2.44. The van der Waals surface area contributed by atoms with Crippen molar-refractivity contribution in [1.29, 1.82) is 0 Å². The zero-order chi connectivity index (χ0) is 20.3. The molecule has 1 heterocycles. The molecule has 0 amide bonds. The first kappa shape index (κ1) is 20.1. The highest BCUT2D eigenvalue weighted by atomic mass is 16.5. The van der Waals surface area contributed by atoms with Gasteiger partial charge in [0.15, 0.2) is 5.78 Å². The Bertz CT molecular complexity index is 756. The maximum Gasteiger partial charge on any atom is 0.163 e. The van der Waals surface area contributed by atoms with Gasteiger partial charge in [-0.05, 0) is 87.7 Å². The second-order valence-electron chi connectivity index (χ2n) is 10.5.